The minimum Gasteiger partial charge on any atom is -0.384 e. The average Bonchev–Trinajstić information content (AvgIpc) is 2.99. The molecule has 6 nitrogen and oxygen atoms in total. The van der Waals surface area contributed by atoms with E-state index in [-0.39, 0.29) is 12.5 Å². The number of hydrogen-bond donors (Lipinski definition) is 3. The molecule has 0 bridgehead atoms. The molecule has 1 aromatic heterocycles. The van der Waals surface area contributed by atoms with Gasteiger partial charge in [-0.1, -0.05) is 17.9 Å². The van der Waals surface area contributed by atoms with Gasteiger partial charge in [-0.15, -0.1) is 0 Å². The molecule has 0 saturated carbocycles. The fraction of sp³-hybridized carbons (Fsp3) is 0.267. The number of carbonyl (C=O) groups excluding carboxylic acids is 1. The molecule has 1 aromatic carbocycles. The van der Waals surface area contributed by atoms with Gasteiger partial charge in [-0.2, -0.15) is 5.10 Å². The van der Waals surface area contributed by atoms with E-state index in [1.807, 2.05) is 13.0 Å². The third-order valence-corrected chi connectivity index (χ3v) is 2.99. The molecule has 0 radical (unpaired) electrons. The van der Waals surface area contributed by atoms with Gasteiger partial charge < -0.3 is 10.4 Å². The lowest BCUT2D eigenvalue weighted by molar-refractivity contribution is 0.0953. The van der Waals surface area contributed by atoms with Gasteiger partial charge in [-0.3, -0.25) is 9.89 Å². The van der Waals surface area contributed by atoms with Crippen LogP contribution < -0.4 is 5.32 Å². The molecule has 0 spiro atoms. The molecule has 6 heteroatoms. The third-order valence-electron chi connectivity index (χ3n) is 2.99. The van der Waals surface area contributed by atoms with Crippen LogP contribution in [0.1, 0.15) is 27.3 Å². The van der Waals surface area contributed by atoms with E-state index in [2.05, 4.69) is 32.3 Å². The van der Waals surface area contributed by atoms with Crippen molar-refractivity contribution in [3.63, 3.8) is 0 Å². The second kappa shape index (κ2) is 7.22. The maximum Gasteiger partial charge on any atom is 0.251 e. The van der Waals surface area contributed by atoms with E-state index < -0.39 is 0 Å². The maximum absolute atomic E-state index is 12.2. The van der Waals surface area contributed by atoms with Gasteiger partial charge in [0.2, 0.25) is 0 Å². The summed E-state index contributed by atoms with van der Waals surface area (Å²) in [6.07, 6.45) is 2.03. The van der Waals surface area contributed by atoms with Crippen LogP contribution in [0.4, 0.5) is 0 Å². The Labute approximate surface area is 122 Å². The van der Waals surface area contributed by atoms with E-state index in [1.165, 1.54) is 6.33 Å². The summed E-state index contributed by atoms with van der Waals surface area (Å²) in [5, 5.41) is 18.1. The van der Waals surface area contributed by atoms with Crippen LogP contribution in [0.3, 0.4) is 0 Å². The molecule has 2 aromatic rings. The highest BCUT2D eigenvalue weighted by atomic mass is 16.2. The summed E-state index contributed by atoms with van der Waals surface area (Å²) >= 11 is 0. The Morgan fingerprint density at radius 2 is 2.33 bits per heavy atom. The first-order valence-electron chi connectivity index (χ1n) is 6.54. The van der Waals surface area contributed by atoms with Gasteiger partial charge in [0, 0.05) is 24.1 Å². The van der Waals surface area contributed by atoms with Gasteiger partial charge in [0.1, 0.15) is 18.8 Å². The molecule has 0 aliphatic rings. The molecule has 0 aliphatic carbocycles. The largest absolute Gasteiger partial charge is 0.384 e. The fourth-order valence-electron chi connectivity index (χ4n) is 1.89. The summed E-state index contributed by atoms with van der Waals surface area (Å²) in [4.78, 5) is 16.2. The zero-order valence-corrected chi connectivity index (χ0v) is 11.7. The number of nitrogens with zero attached hydrogens (tertiary/aromatic N) is 2. The van der Waals surface area contributed by atoms with Crippen molar-refractivity contribution < 1.29 is 9.90 Å². The van der Waals surface area contributed by atoms with Gasteiger partial charge in [-0.25, -0.2) is 4.98 Å². The van der Waals surface area contributed by atoms with E-state index >= 15 is 0 Å². The minimum absolute atomic E-state index is 0.153. The first kappa shape index (κ1) is 14.8. The number of hydrogen-bond acceptors (Lipinski definition) is 4. The van der Waals surface area contributed by atoms with Gasteiger partial charge in [0.05, 0.1) is 0 Å². The van der Waals surface area contributed by atoms with Crippen molar-refractivity contribution in [2.45, 2.75) is 13.3 Å². The van der Waals surface area contributed by atoms with E-state index in [0.717, 1.165) is 17.0 Å². The number of aliphatic hydroxyl groups excluding tert-OH is 1. The summed E-state index contributed by atoms with van der Waals surface area (Å²) in [6, 6.07) is 5.35. The van der Waals surface area contributed by atoms with Crippen molar-refractivity contribution in [3.05, 3.63) is 47.0 Å². The van der Waals surface area contributed by atoms with Crippen LogP contribution in [0.5, 0.6) is 0 Å². The molecular weight excluding hydrogens is 268 g/mol. The SMILES string of the molecule is Cc1c(C#CCO)cccc1C(=O)NCCc1ncn[nH]1. The zero-order chi connectivity index (χ0) is 15.1. The lowest BCUT2D eigenvalue weighted by Crippen LogP contribution is -2.26. The van der Waals surface area contributed by atoms with E-state index in [1.54, 1.807) is 12.1 Å². The topological polar surface area (TPSA) is 90.9 Å². The van der Waals surface area contributed by atoms with Crippen molar-refractivity contribution in [2.75, 3.05) is 13.2 Å². The monoisotopic (exact) mass is 284 g/mol. The average molecular weight is 284 g/mol. The van der Waals surface area contributed by atoms with Crippen LogP contribution >= 0.6 is 0 Å². The predicted octanol–water partition coefficient (Wildman–Crippen LogP) is 0.429. The Hall–Kier alpha value is -2.65. The summed E-state index contributed by atoms with van der Waals surface area (Å²) in [6.45, 7) is 2.11. The maximum atomic E-state index is 12.2. The van der Waals surface area contributed by atoms with Gasteiger partial charge in [0.15, 0.2) is 0 Å². The Bertz CT molecular complexity index is 669. The van der Waals surface area contributed by atoms with E-state index in [4.69, 9.17) is 5.11 Å². The molecule has 21 heavy (non-hydrogen) atoms. The van der Waals surface area contributed by atoms with Crippen molar-refractivity contribution in [1.29, 1.82) is 0 Å². The summed E-state index contributed by atoms with van der Waals surface area (Å²) < 4.78 is 0. The van der Waals surface area contributed by atoms with Gasteiger partial charge >= 0.3 is 0 Å². The fourth-order valence-corrected chi connectivity index (χ4v) is 1.89. The smallest absolute Gasteiger partial charge is 0.251 e. The van der Waals surface area contributed by atoms with Crippen LogP contribution in [-0.4, -0.2) is 39.3 Å². The Kier molecular flexibility index (Phi) is 5.07. The second-order valence-corrected chi connectivity index (χ2v) is 4.38. The van der Waals surface area contributed by atoms with Gasteiger partial charge in [0.25, 0.3) is 5.91 Å². The standard InChI is InChI=1S/C15H16N4O2/c1-11-12(5-3-9-20)4-2-6-13(11)15(21)16-8-7-14-17-10-18-19-14/h2,4,6,10,20H,7-9H2,1H3,(H,16,21)(H,17,18,19). The summed E-state index contributed by atoms with van der Waals surface area (Å²) in [5.74, 6) is 6.00. The zero-order valence-electron chi connectivity index (χ0n) is 11.7. The van der Waals surface area contributed by atoms with Crippen LogP contribution in [0, 0.1) is 18.8 Å². The quantitative estimate of drug-likeness (QED) is 0.710. The van der Waals surface area contributed by atoms with Crippen molar-refractivity contribution >= 4 is 5.91 Å². The van der Waals surface area contributed by atoms with Crippen molar-refractivity contribution in [3.8, 4) is 11.8 Å². The molecule has 0 aliphatic heterocycles. The number of rotatable bonds is 4. The third kappa shape index (κ3) is 3.91. The normalized spacial score (nSPS) is 9.81. The number of H-pyrrole nitrogens is 1. The first-order chi connectivity index (χ1) is 10.2. The molecule has 108 valence electrons. The molecule has 3 N–H and O–H groups in total. The van der Waals surface area contributed by atoms with Crippen molar-refractivity contribution in [1.82, 2.24) is 20.5 Å². The number of aromatic nitrogens is 3. The summed E-state index contributed by atoms with van der Waals surface area (Å²) in [5.41, 5.74) is 2.12. The van der Waals surface area contributed by atoms with Crippen LogP contribution in [0.15, 0.2) is 24.5 Å². The minimum atomic E-state index is -0.201. The highest BCUT2D eigenvalue weighted by Gasteiger charge is 2.10. The molecular formula is C15H16N4O2. The Morgan fingerprint density at radius 3 is 3.05 bits per heavy atom. The lowest BCUT2D eigenvalue weighted by atomic mass is 10.0. The van der Waals surface area contributed by atoms with Crippen LogP contribution in [-0.2, 0) is 6.42 Å². The number of benzene rings is 1. The van der Waals surface area contributed by atoms with E-state index in [0.29, 0.717) is 18.5 Å². The van der Waals surface area contributed by atoms with Crippen LogP contribution in [0.25, 0.3) is 0 Å². The molecule has 1 heterocycles. The van der Waals surface area contributed by atoms with Crippen LogP contribution in [0.2, 0.25) is 0 Å². The number of aromatic amines is 1. The van der Waals surface area contributed by atoms with Crippen molar-refractivity contribution in [2.24, 2.45) is 0 Å². The molecule has 2 rings (SSSR count). The highest BCUT2D eigenvalue weighted by molar-refractivity contribution is 5.96. The Balaban J connectivity index is 2.01. The number of amides is 1. The molecule has 0 unspecified atom stereocenters. The molecule has 1 amide bonds. The molecule has 0 fully saturated rings. The second-order valence-electron chi connectivity index (χ2n) is 4.38. The predicted molar refractivity (Wildman–Crippen MR) is 77.6 cm³/mol. The first-order valence-corrected chi connectivity index (χ1v) is 6.54. The number of carbonyl (C=O) groups is 1. The van der Waals surface area contributed by atoms with Gasteiger partial charge in [-0.05, 0) is 24.6 Å². The molecule has 0 saturated heterocycles. The number of aliphatic hydroxyl groups is 1. The Morgan fingerprint density at radius 1 is 1.48 bits per heavy atom. The summed E-state index contributed by atoms with van der Waals surface area (Å²) in [7, 11) is 0. The molecule has 0 atom stereocenters. The highest BCUT2D eigenvalue weighted by Crippen LogP contribution is 2.12. The number of nitrogens with one attached hydrogen (secondary N) is 2. The van der Waals surface area contributed by atoms with E-state index in [9.17, 15) is 4.79 Å². The lowest BCUT2D eigenvalue weighted by Gasteiger charge is -2.08.